The molecule has 0 unspecified atom stereocenters. The third kappa shape index (κ3) is 1.97. The minimum absolute atomic E-state index is 0.298. The molecule has 15 heavy (non-hydrogen) atoms. The second kappa shape index (κ2) is 3.94. The molecule has 0 bridgehead atoms. The van der Waals surface area contributed by atoms with Gasteiger partial charge in [-0.05, 0) is 6.07 Å². The zero-order chi connectivity index (χ0) is 10.8. The molecule has 1 fully saturated rings. The Morgan fingerprint density at radius 2 is 1.73 bits per heavy atom. The summed E-state index contributed by atoms with van der Waals surface area (Å²) in [6.45, 7) is 3.31. The lowest BCUT2D eigenvalue weighted by Crippen LogP contribution is -2.43. The number of nitrogens with one attached hydrogen (secondary N) is 1. The predicted octanol–water partition coefficient (Wildman–Crippen LogP) is 0.400. The molecule has 0 radical (unpaired) electrons. The van der Waals surface area contributed by atoms with Crippen molar-refractivity contribution < 1.29 is 4.39 Å². The number of anilines is 3. The van der Waals surface area contributed by atoms with Crippen molar-refractivity contribution in [3.63, 3.8) is 0 Å². The van der Waals surface area contributed by atoms with E-state index in [2.05, 4.69) is 5.32 Å². The van der Waals surface area contributed by atoms with Gasteiger partial charge in [0.25, 0.3) is 0 Å². The molecule has 2 rings (SSSR count). The molecule has 0 aromatic heterocycles. The zero-order valence-corrected chi connectivity index (χ0v) is 8.46. The molecule has 0 aliphatic carbocycles. The van der Waals surface area contributed by atoms with Gasteiger partial charge in [-0.3, -0.25) is 0 Å². The highest BCUT2D eigenvalue weighted by Gasteiger charge is 2.15. The number of rotatable bonds is 1. The summed E-state index contributed by atoms with van der Waals surface area (Å²) >= 11 is 0. The number of nitrogens with two attached hydrogens (primary N) is 2. The highest BCUT2D eigenvalue weighted by Crippen LogP contribution is 2.27. The third-order valence-electron chi connectivity index (χ3n) is 2.61. The highest BCUT2D eigenvalue weighted by molar-refractivity contribution is 5.70. The first-order chi connectivity index (χ1) is 7.18. The van der Waals surface area contributed by atoms with Crippen LogP contribution < -0.4 is 21.7 Å². The third-order valence-corrected chi connectivity index (χ3v) is 2.61. The molecule has 1 aromatic rings. The van der Waals surface area contributed by atoms with Crippen molar-refractivity contribution in [1.29, 1.82) is 0 Å². The Kier molecular flexibility index (Phi) is 2.64. The van der Waals surface area contributed by atoms with Crippen LogP contribution in [-0.4, -0.2) is 26.2 Å². The van der Waals surface area contributed by atoms with Crippen molar-refractivity contribution in [3.8, 4) is 0 Å². The van der Waals surface area contributed by atoms with Crippen LogP contribution in [0.4, 0.5) is 21.5 Å². The Morgan fingerprint density at radius 1 is 1.13 bits per heavy atom. The van der Waals surface area contributed by atoms with Crippen molar-refractivity contribution in [2.45, 2.75) is 0 Å². The van der Waals surface area contributed by atoms with Gasteiger partial charge in [0, 0.05) is 32.2 Å². The highest BCUT2D eigenvalue weighted by atomic mass is 19.1. The lowest BCUT2D eigenvalue weighted by molar-refractivity contribution is 0.567. The number of nitrogen functional groups attached to an aromatic ring is 2. The normalized spacial score (nSPS) is 16.7. The summed E-state index contributed by atoms with van der Waals surface area (Å²) < 4.78 is 13.6. The summed E-state index contributed by atoms with van der Waals surface area (Å²) in [5.41, 5.74) is 12.5. The van der Waals surface area contributed by atoms with Crippen LogP contribution in [0.5, 0.6) is 0 Å². The maximum absolute atomic E-state index is 13.6. The van der Waals surface area contributed by atoms with Crippen LogP contribution in [0.25, 0.3) is 0 Å². The van der Waals surface area contributed by atoms with E-state index in [-0.39, 0.29) is 5.82 Å². The van der Waals surface area contributed by atoms with Gasteiger partial charge >= 0.3 is 0 Å². The summed E-state index contributed by atoms with van der Waals surface area (Å²) in [7, 11) is 0. The number of nitrogens with zero attached hydrogens (tertiary/aromatic N) is 1. The van der Waals surface area contributed by atoms with Crippen molar-refractivity contribution in [3.05, 3.63) is 17.9 Å². The lowest BCUT2D eigenvalue weighted by Gasteiger charge is -2.30. The van der Waals surface area contributed by atoms with E-state index < -0.39 is 0 Å². The molecule has 4 nitrogen and oxygen atoms in total. The number of benzene rings is 1. The zero-order valence-electron chi connectivity index (χ0n) is 8.46. The first kappa shape index (κ1) is 10.0. The van der Waals surface area contributed by atoms with Gasteiger partial charge in [0.1, 0.15) is 5.82 Å². The van der Waals surface area contributed by atoms with Crippen LogP contribution in [0.15, 0.2) is 12.1 Å². The van der Waals surface area contributed by atoms with Crippen molar-refractivity contribution in [2.75, 3.05) is 42.5 Å². The second-order valence-electron chi connectivity index (χ2n) is 3.67. The molecule has 1 aliphatic rings. The smallest absolute Gasteiger partial charge is 0.148 e. The van der Waals surface area contributed by atoms with Gasteiger partial charge in [-0.2, -0.15) is 0 Å². The predicted molar refractivity (Wildman–Crippen MR) is 60.3 cm³/mol. The van der Waals surface area contributed by atoms with Crippen molar-refractivity contribution in [2.24, 2.45) is 0 Å². The van der Waals surface area contributed by atoms with E-state index >= 15 is 0 Å². The molecule has 5 N–H and O–H groups in total. The molecule has 1 saturated heterocycles. The molecule has 1 heterocycles. The first-order valence-electron chi connectivity index (χ1n) is 4.98. The number of piperazine rings is 1. The van der Waals surface area contributed by atoms with Gasteiger partial charge in [0.05, 0.1) is 17.1 Å². The molecule has 1 aliphatic heterocycles. The molecule has 0 amide bonds. The van der Waals surface area contributed by atoms with Gasteiger partial charge in [0.2, 0.25) is 0 Å². The Balaban J connectivity index is 2.30. The van der Waals surface area contributed by atoms with E-state index in [4.69, 9.17) is 11.5 Å². The molecule has 82 valence electrons. The van der Waals surface area contributed by atoms with Crippen LogP contribution in [0.1, 0.15) is 0 Å². The van der Waals surface area contributed by atoms with Gasteiger partial charge in [-0.1, -0.05) is 0 Å². The quantitative estimate of drug-likeness (QED) is 0.587. The number of hydrogen-bond donors (Lipinski definition) is 3. The fourth-order valence-electron chi connectivity index (χ4n) is 1.74. The van der Waals surface area contributed by atoms with E-state index in [1.807, 2.05) is 4.90 Å². The minimum Gasteiger partial charge on any atom is -0.397 e. The lowest BCUT2D eigenvalue weighted by atomic mass is 10.2. The average molecular weight is 210 g/mol. The van der Waals surface area contributed by atoms with E-state index in [9.17, 15) is 4.39 Å². The van der Waals surface area contributed by atoms with Gasteiger partial charge in [-0.15, -0.1) is 0 Å². The Bertz CT molecular complexity index is 361. The van der Waals surface area contributed by atoms with Crippen LogP contribution in [0.3, 0.4) is 0 Å². The minimum atomic E-state index is -0.302. The molecule has 1 aromatic carbocycles. The van der Waals surface area contributed by atoms with Gasteiger partial charge in [-0.25, -0.2) is 4.39 Å². The Labute approximate surface area is 88.0 Å². The first-order valence-corrected chi connectivity index (χ1v) is 4.98. The second-order valence-corrected chi connectivity index (χ2v) is 3.67. The topological polar surface area (TPSA) is 67.3 Å². The van der Waals surface area contributed by atoms with Crippen molar-refractivity contribution >= 4 is 17.1 Å². The summed E-state index contributed by atoms with van der Waals surface area (Å²) in [6.07, 6.45) is 0. The van der Waals surface area contributed by atoms with E-state index in [1.165, 1.54) is 6.07 Å². The van der Waals surface area contributed by atoms with Crippen LogP contribution in [-0.2, 0) is 0 Å². The SMILES string of the molecule is Nc1cc(F)c(N2CCNCC2)cc1N. The van der Waals surface area contributed by atoms with Gasteiger partial charge in [0.15, 0.2) is 0 Å². The van der Waals surface area contributed by atoms with E-state index in [0.29, 0.717) is 17.1 Å². The molecule has 0 spiro atoms. The summed E-state index contributed by atoms with van der Waals surface area (Å²) in [4.78, 5) is 1.97. The van der Waals surface area contributed by atoms with Crippen LogP contribution in [0.2, 0.25) is 0 Å². The molecule has 0 atom stereocenters. The maximum Gasteiger partial charge on any atom is 0.148 e. The number of halogens is 1. The summed E-state index contributed by atoms with van der Waals surface area (Å²) in [5, 5.41) is 3.21. The fraction of sp³-hybridized carbons (Fsp3) is 0.400. The van der Waals surface area contributed by atoms with Gasteiger partial charge < -0.3 is 21.7 Å². The van der Waals surface area contributed by atoms with Crippen molar-refractivity contribution in [1.82, 2.24) is 5.32 Å². The van der Waals surface area contributed by atoms with Crippen LogP contribution >= 0.6 is 0 Å². The molecular formula is C10H15FN4. The molecule has 0 saturated carbocycles. The average Bonchev–Trinajstić information content (AvgIpc) is 2.25. The number of hydrogen-bond acceptors (Lipinski definition) is 4. The van der Waals surface area contributed by atoms with E-state index in [1.54, 1.807) is 6.07 Å². The fourth-order valence-corrected chi connectivity index (χ4v) is 1.74. The summed E-state index contributed by atoms with van der Waals surface area (Å²) in [6, 6.07) is 2.89. The largest absolute Gasteiger partial charge is 0.397 e. The monoisotopic (exact) mass is 210 g/mol. The Morgan fingerprint density at radius 3 is 2.40 bits per heavy atom. The maximum atomic E-state index is 13.6. The van der Waals surface area contributed by atoms with Crippen LogP contribution in [0, 0.1) is 5.82 Å². The molecular weight excluding hydrogens is 195 g/mol. The summed E-state index contributed by atoms with van der Waals surface area (Å²) in [5.74, 6) is -0.302. The standard InChI is InChI=1S/C10H15FN4/c11-7-5-8(12)9(13)6-10(7)15-3-1-14-2-4-15/h5-6,14H,1-4,12-13H2. The molecule has 5 heteroatoms. The Hall–Kier alpha value is -1.49. The van der Waals surface area contributed by atoms with E-state index in [0.717, 1.165) is 26.2 Å².